The number of hydrogen-bond acceptors (Lipinski definition) is 6. The Labute approximate surface area is 143 Å². The highest BCUT2D eigenvalue weighted by Gasteiger charge is 2.25. The van der Waals surface area contributed by atoms with Gasteiger partial charge in [0, 0.05) is 39.1 Å². The van der Waals surface area contributed by atoms with Crippen molar-refractivity contribution >= 4 is 0 Å². The Hall–Kier alpha value is -1.92. The minimum absolute atomic E-state index is 0.181. The summed E-state index contributed by atoms with van der Waals surface area (Å²) in [6, 6.07) is 10.2. The van der Waals surface area contributed by atoms with E-state index in [9.17, 15) is 0 Å². The van der Waals surface area contributed by atoms with Gasteiger partial charge in [0.2, 0.25) is 11.8 Å². The van der Waals surface area contributed by atoms with Crippen molar-refractivity contribution in [3.63, 3.8) is 0 Å². The van der Waals surface area contributed by atoms with Gasteiger partial charge in [-0.05, 0) is 19.1 Å². The monoisotopic (exact) mass is 330 g/mol. The predicted octanol–water partition coefficient (Wildman–Crippen LogP) is 2.39. The van der Waals surface area contributed by atoms with Crippen LogP contribution in [0.25, 0.3) is 0 Å². The third-order valence-corrected chi connectivity index (χ3v) is 4.52. The number of ether oxygens (including phenoxy) is 1. The minimum Gasteiger partial charge on any atom is -0.492 e. The Bertz CT molecular complexity index is 608. The van der Waals surface area contributed by atoms with Crippen LogP contribution in [0.2, 0.25) is 0 Å². The lowest BCUT2D eigenvalue weighted by Gasteiger charge is -2.36. The maximum atomic E-state index is 5.78. The fourth-order valence-corrected chi connectivity index (χ4v) is 2.92. The fourth-order valence-electron chi connectivity index (χ4n) is 2.92. The number of aryl methyl sites for hydroxylation is 1. The molecule has 0 bridgehead atoms. The van der Waals surface area contributed by atoms with E-state index in [2.05, 4.69) is 26.9 Å². The molecule has 2 aromatic rings. The average Bonchev–Trinajstić information content (AvgIpc) is 3.12. The Morgan fingerprint density at radius 1 is 1.12 bits per heavy atom. The van der Waals surface area contributed by atoms with Gasteiger partial charge in [-0.1, -0.05) is 25.1 Å². The summed E-state index contributed by atoms with van der Waals surface area (Å²) in [6.07, 6.45) is 0.787. The number of rotatable bonds is 7. The molecule has 3 rings (SSSR count). The molecule has 1 fully saturated rings. The van der Waals surface area contributed by atoms with Crippen LogP contribution < -0.4 is 4.74 Å². The quantitative estimate of drug-likeness (QED) is 0.777. The van der Waals surface area contributed by atoms with Crippen molar-refractivity contribution in [2.45, 2.75) is 26.3 Å². The molecule has 1 atom stereocenters. The van der Waals surface area contributed by atoms with E-state index in [1.165, 1.54) is 0 Å². The molecule has 24 heavy (non-hydrogen) atoms. The third-order valence-electron chi connectivity index (χ3n) is 4.52. The van der Waals surface area contributed by atoms with Crippen LogP contribution in [-0.2, 0) is 6.42 Å². The lowest BCUT2D eigenvalue weighted by atomic mass is 10.2. The SMILES string of the molecule is CCc1nnc(C(C)N2CCN(CCOc3ccccc3)CC2)o1. The van der Waals surface area contributed by atoms with Crippen molar-refractivity contribution in [1.82, 2.24) is 20.0 Å². The fraction of sp³-hybridized carbons (Fsp3) is 0.556. The van der Waals surface area contributed by atoms with Crippen molar-refractivity contribution in [2.75, 3.05) is 39.3 Å². The van der Waals surface area contributed by atoms with Crippen LogP contribution in [-0.4, -0.2) is 59.3 Å². The van der Waals surface area contributed by atoms with Crippen molar-refractivity contribution < 1.29 is 9.15 Å². The first-order valence-electron chi connectivity index (χ1n) is 8.72. The molecular formula is C18H26N4O2. The number of benzene rings is 1. The van der Waals surface area contributed by atoms with E-state index in [4.69, 9.17) is 9.15 Å². The molecule has 0 N–H and O–H groups in total. The number of piperazine rings is 1. The van der Waals surface area contributed by atoms with Gasteiger partial charge >= 0.3 is 0 Å². The highest BCUT2D eigenvalue weighted by molar-refractivity contribution is 5.20. The summed E-state index contributed by atoms with van der Waals surface area (Å²) in [6.45, 7) is 9.95. The van der Waals surface area contributed by atoms with Gasteiger partial charge in [0.1, 0.15) is 12.4 Å². The van der Waals surface area contributed by atoms with Crippen LogP contribution in [0.3, 0.4) is 0 Å². The van der Waals surface area contributed by atoms with E-state index in [-0.39, 0.29) is 6.04 Å². The van der Waals surface area contributed by atoms with Gasteiger partial charge in [-0.25, -0.2) is 0 Å². The number of hydrogen-bond donors (Lipinski definition) is 0. The molecule has 0 radical (unpaired) electrons. The zero-order valence-electron chi connectivity index (χ0n) is 14.5. The minimum atomic E-state index is 0.181. The summed E-state index contributed by atoms with van der Waals surface area (Å²) in [7, 11) is 0. The maximum absolute atomic E-state index is 5.78. The lowest BCUT2D eigenvalue weighted by molar-refractivity contribution is 0.0821. The molecule has 1 aliphatic rings. The second-order valence-electron chi connectivity index (χ2n) is 6.10. The molecule has 0 aliphatic carbocycles. The molecule has 0 spiro atoms. The van der Waals surface area contributed by atoms with Crippen molar-refractivity contribution in [3.05, 3.63) is 42.1 Å². The Kier molecular flexibility index (Phi) is 5.82. The van der Waals surface area contributed by atoms with Crippen LogP contribution in [0.5, 0.6) is 5.75 Å². The maximum Gasteiger partial charge on any atom is 0.233 e. The van der Waals surface area contributed by atoms with Gasteiger partial charge in [-0.3, -0.25) is 9.80 Å². The molecule has 1 aromatic heterocycles. The van der Waals surface area contributed by atoms with Crippen molar-refractivity contribution in [3.8, 4) is 5.75 Å². The number of para-hydroxylation sites is 1. The van der Waals surface area contributed by atoms with Gasteiger partial charge < -0.3 is 9.15 Å². The van der Waals surface area contributed by atoms with Gasteiger partial charge in [-0.15, -0.1) is 10.2 Å². The smallest absolute Gasteiger partial charge is 0.233 e. The number of aromatic nitrogens is 2. The van der Waals surface area contributed by atoms with Gasteiger partial charge in [-0.2, -0.15) is 0 Å². The summed E-state index contributed by atoms with van der Waals surface area (Å²) in [4.78, 5) is 4.85. The number of nitrogens with zero attached hydrogens (tertiary/aromatic N) is 4. The van der Waals surface area contributed by atoms with Crippen LogP contribution in [0.4, 0.5) is 0 Å². The van der Waals surface area contributed by atoms with Crippen molar-refractivity contribution in [2.24, 2.45) is 0 Å². The summed E-state index contributed by atoms with van der Waals surface area (Å²) in [5.74, 6) is 2.38. The van der Waals surface area contributed by atoms with Crippen LogP contribution in [0.1, 0.15) is 31.7 Å². The standard InChI is InChI=1S/C18H26N4O2/c1-3-17-19-20-18(24-17)15(2)22-11-9-21(10-12-22)13-14-23-16-7-5-4-6-8-16/h4-8,15H,3,9-14H2,1-2H3. The summed E-state index contributed by atoms with van der Waals surface area (Å²) in [5, 5.41) is 8.24. The molecule has 0 amide bonds. The molecule has 1 saturated heterocycles. The van der Waals surface area contributed by atoms with E-state index < -0.39 is 0 Å². The van der Waals surface area contributed by atoms with Crippen LogP contribution in [0.15, 0.2) is 34.7 Å². The highest BCUT2D eigenvalue weighted by atomic mass is 16.5. The second-order valence-corrected chi connectivity index (χ2v) is 6.10. The Balaban J connectivity index is 1.40. The molecule has 6 nitrogen and oxygen atoms in total. The first kappa shape index (κ1) is 16.9. The molecule has 0 saturated carbocycles. The normalized spacial score (nSPS) is 17.8. The second kappa shape index (κ2) is 8.26. The lowest BCUT2D eigenvalue weighted by Crippen LogP contribution is -2.48. The molecule has 6 heteroatoms. The first-order valence-corrected chi connectivity index (χ1v) is 8.72. The van der Waals surface area contributed by atoms with Gasteiger partial charge in [0.15, 0.2) is 0 Å². The molecule has 1 aromatic carbocycles. The molecule has 1 aliphatic heterocycles. The third kappa shape index (κ3) is 4.33. The van der Waals surface area contributed by atoms with Gasteiger partial charge in [0.05, 0.1) is 6.04 Å². The Morgan fingerprint density at radius 3 is 2.54 bits per heavy atom. The van der Waals surface area contributed by atoms with E-state index in [1.807, 2.05) is 37.3 Å². The highest BCUT2D eigenvalue weighted by Crippen LogP contribution is 2.20. The molecular weight excluding hydrogens is 304 g/mol. The van der Waals surface area contributed by atoms with E-state index in [1.54, 1.807) is 0 Å². The van der Waals surface area contributed by atoms with E-state index >= 15 is 0 Å². The predicted molar refractivity (Wildman–Crippen MR) is 92.0 cm³/mol. The summed E-state index contributed by atoms with van der Waals surface area (Å²) in [5.41, 5.74) is 0. The average molecular weight is 330 g/mol. The molecule has 1 unspecified atom stereocenters. The van der Waals surface area contributed by atoms with E-state index in [0.29, 0.717) is 5.89 Å². The summed E-state index contributed by atoms with van der Waals surface area (Å²) >= 11 is 0. The topological polar surface area (TPSA) is 54.6 Å². The summed E-state index contributed by atoms with van der Waals surface area (Å²) < 4.78 is 11.5. The van der Waals surface area contributed by atoms with E-state index in [0.717, 1.165) is 57.4 Å². The molecule has 2 heterocycles. The van der Waals surface area contributed by atoms with Crippen LogP contribution >= 0.6 is 0 Å². The molecule has 130 valence electrons. The van der Waals surface area contributed by atoms with Crippen LogP contribution in [0, 0.1) is 0 Å². The largest absolute Gasteiger partial charge is 0.492 e. The Morgan fingerprint density at radius 2 is 1.88 bits per heavy atom. The van der Waals surface area contributed by atoms with Gasteiger partial charge in [0.25, 0.3) is 0 Å². The zero-order valence-corrected chi connectivity index (χ0v) is 14.5. The van der Waals surface area contributed by atoms with Crippen molar-refractivity contribution in [1.29, 1.82) is 0 Å². The zero-order chi connectivity index (χ0) is 16.8. The first-order chi connectivity index (χ1) is 11.8.